The smallest absolute Gasteiger partial charge is 0.264 e. The Labute approximate surface area is 175 Å². The van der Waals surface area contributed by atoms with Gasteiger partial charge in [0, 0.05) is 16.7 Å². The van der Waals surface area contributed by atoms with Gasteiger partial charge >= 0.3 is 0 Å². The van der Waals surface area contributed by atoms with Crippen molar-refractivity contribution in [2.24, 2.45) is 0 Å². The third-order valence-electron chi connectivity index (χ3n) is 4.14. The largest absolute Gasteiger partial charge is 0.350 e. The summed E-state index contributed by atoms with van der Waals surface area (Å²) >= 11 is 1.33. The zero-order valence-electron chi connectivity index (χ0n) is 17.0. The minimum atomic E-state index is -0.660. The number of nitrogens with one attached hydrogen (secondary N) is 2. The highest BCUT2D eigenvalue weighted by atomic mass is 32.1. The summed E-state index contributed by atoms with van der Waals surface area (Å²) in [5.41, 5.74) is 2.07. The van der Waals surface area contributed by atoms with E-state index in [-0.39, 0.29) is 17.4 Å². The number of carbonyl (C=O) groups excluding carboxylic acids is 2. The summed E-state index contributed by atoms with van der Waals surface area (Å²) in [5, 5.41) is 6.47. The highest BCUT2D eigenvalue weighted by Crippen LogP contribution is 2.33. The lowest BCUT2D eigenvalue weighted by atomic mass is 10.1. The summed E-state index contributed by atoms with van der Waals surface area (Å²) in [6.45, 7) is 7.40. The van der Waals surface area contributed by atoms with Crippen LogP contribution in [-0.4, -0.2) is 28.4 Å². The van der Waals surface area contributed by atoms with Crippen LogP contribution in [0.25, 0.3) is 21.8 Å². The molecule has 2 N–H and O–H groups in total. The quantitative estimate of drug-likeness (QED) is 0.654. The minimum absolute atomic E-state index is 0.222. The molecule has 0 aliphatic rings. The van der Waals surface area contributed by atoms with Gasteiger partial charge in [-0.1, -0.05) is 60.7 Å². The minimum Gasteiger partial charge on any atom is -0.350 e. The third-order valence-corrected chi connectivity index (χ3v) is 5.24. The molecule has 1 unspecified atom stereocenters. The third kappa shape index (κ3) is 5.29. The zero-order valence-corrected chi connectivity index (χ0v) is 17.8. The van der Waals surface area contributed by atoms with E-state index in [2.05, 4.69) is 10.6 Å². The Morgan fingerprint density at radius 2 is 1.48 bits per heavy atom. The average Bonchev–Trinajstić information content (AvgIpc) is 3.13. The van der Waals surface area contributed by atoms with Crippen molar-refractivity contribution >= 4 is 23.2 Å². The van der Waals surface area contributed by atoms with E-state index >= 15 is 0 Å². The van der Waals surface area contributed by atoms with Crippen LogP contribution in [0.5, 0.6) is 0 Å². The second-order valence-corrected chi connectivity index (χ2v) is 8.86. The van der Waals surface area contributed by atoms with Crippen molar-refractivity contribution < 1.29 is 9.59 Å². The summed E-state index contributed by atoms with van der Waals surface area (Å²) in [7, 11) is 0. The van der Waals surface area contributed by atoms with Crippen LogP contribution in [0, 0.1) is 0 Å². The normalized spacial score (nSPS) is 12.3. The van der Waals surface area contributed by atoms with Gasteiger partial charge in [-0.3, -0.25) is 9.59 Å². The molecule has 6 heteroatoms. The van der Waals surface area contributed by atoms with Crippen molar-refractivity contribution in [3.05, 3.63) is 65.5 Å². The number of aromatic nitrogens is 1. The summed E-state index contributed by atoms with van der Waals surface area (Å²) in [4.78, 5) is 30.6. The molecular formula is C23H25N3O2S. The van der Waals surface area contributed by atoms with Crippen molar-refractivity contribution in [1.29, 1.82) is 0 Å². The lowest BCUT2D eigenvalue weighted by Crippen LogP contribution is -2.50. The Morgan fingerprint density at radius 3 is 2.03 bits per heavy atom. The number of rotatable bonds is 5. The van der Waals surface area contributed by atoms with Crippen molar-refractivity contribution in [1.82, 2.24) is 15.6 Å². The molecule has 0 aliphatic heterocycles. The molecule has 5 nitrogen and oxygen atoms in total. The van der Waals surface area contributed by atoms with Crippen LogP contribution in [0.3, 0.4) is 0 Å². The van der Waals surface area contributed by atoms with Crippen LogP contribution in [0.15, 0.2) is 60.7 Å². The molecule has 0 fully saturated rings. The fraction of sp³-hybridized carbons (Fsp3) is 0.261. The van der Waals surface area contributed by atoms with Gasteiger partial charge < -0.3 is 10.6 Å². The second kappa shape index (κ2) is 8.57. The first-order valence-corrected chi connectivity index (χ1v) is 10.3. The molecule has 0 radical (unpaired) electrons. The van der Waals surface area contributed by atoms with Crippen LogP contribution in [0.4, 0.5) is 0 Å². The molecular weight excluding hydrogens is 382 g/mol. The van der Waals surface area contributed by atoms with E-state index in [4.69, 9.17) is 4.98 Å². The first-order chi connectivity index (χ1) is 13.7. The van der Waals surface area contributed by atoms with Gasteiger partial charge in [-0.15, -0.1) is 11.3 Å². The van der Waals surface area contributed by atoms with Gasteiger partial charge in [-0.25, -0.2) is 4.98 Å². The first kappa shape index (κ1) is 20.7. The molecule has 0 saturated carbocycles. The van der Waals surface area contributed by atoms with Crippen LogP contribution < -0.4 is 10.6 Å². The molecule has 3 rings (SSSR count). The van der Waals surface area contributed by atoms with Crippen molar-refractivity contribution in [2.45, 2.75) is 39.3 Å². The Bertz CT molecular complexity index is 992. The maximum atomic E-state index is 13.0. The van der Waals surface area contributed by atoms with E-state index in [1.54, 1.807) is 6.92 Å². The molecule has 150 valence electrons. The van der Waals surface area contributed by atoms with Gasteiger partial charge in [0.1, 0.15) is 15.9 Å². The SMILES string of the molecule is CC(NC(=O)c1sc(-c2ccccc2)nc1-c1ccccc1)C(=O)NC(C)(C)C. The molecule has 2 amide bonds. The molecule has 1 heterocycles. The number of benzene rings is 2. The van der Waals surface area contributed by atoms with E-state index in [9.17, 15) is 9.59 Å². The van der Waals surface area contributed by atoms with E-state index in [0.29, 0.717) is 10.6 Å². The fourth-order valence-corrected chi connectivity index (χ4v) is 3.77. The Morgan fingerprint density at radius 1 is 0.931 bits per heavy atom. The number of carbonyl (C=O) groups is 2. The molecule has 29 heavy (non-hydrogen) atoms. The molecule has 0 aliphatic carbocycles. The summed E-state index contributed by atoms with van der Waals surface area (Å²) in [5.74, 6) is -0.528. The molecule has 0 bridgehead atoms. The number of thiazole rings is 1. The van der Waals surface area contributed by atoms with Crippen molar-refractivity contribution in [2.75, 3.05) is 0 Å². The summed E-state index contributed by atoms with van der Waals surface area (Å²) in [6, 6.07) is 18.7. The number of amides is 2. The van der Waals surface area contributed by atoms with Gasteiger partial charge in [0.15, 0.2) is 0 Å². The predicted octanol–water partition coefficient (Wildman–Crippen LogP) is 4.51. The fourth-order valence-electron chi connectivity index (χ4n) is 2.78. The first-order valence-electron chi connectivity index (χ1n) is 9.49. The zero-order chi connectivity index (χ0) is 21.0. The summed E-state index contributed by atoms with van der Waals surface area (Å²) < 4.78 is 0. The molecule has 0 spiro atoms. The van der Waals surface area contributed by atoms with Crippen LogP contribution in [0.2, 0.25) is 0 Å². The van der Waals surface area contributed by atoms with Crippen LogP contribution in [-0.2, 0) is 4.79 Å². The van der Waals surface area contributed by atoms with Crippen LogP contribution in [0.1, 0.15) is 37.4 Å². The monoisotopic (exact) mass is 407 g/mol. The Balaban J connectivity index is 1.92. The van der Waals surface area contributed by atoms with Crippen molar-refractivity contribution in [3.8, 4) is 21.8 Å². The number of nitrogens with zero attached hydrogens (tertiary/aromatic N) is 1. The highest BCUT2D eigenvalue weighted by molar-refractivity contribution is 7.17. The molecule has 2 aromatic carbocycles. The maximum Gasteiger partial charge on any atom is 0.264 e. The predicted molar refractivity (Wildman–Crippen MR) is 118 cm³/mol. The van der Waals surface area contributed by atoms with E-state index < -0.39 is 6.04 Å². The van der Waals surface area contributed by atoms with Crippen molar-refractivity contribution in [3.63, 3.8) is 0 Å². The van der Waals surface area contributed by atoms with E-state index in [1.807, 2.05) is 81.4 Å². The van der Waals surface area contributed by atoms with Gasteiger partial charge in [0.2, 0.25) is 5.91 Å². The second-order valence-electron chi connectivity index (χ2n) is 7.86. The average molecular weight is 408 g/mol. The summed E-state index contributed by atoms with van der Waals surface area (Å²) in [6.07, 6.45) is 0. The molecule has 1 aromatic heterocycles. The van der Waals surface area contributed by atoms with E-state index in [0.717, 1.165) is 16.1 Å². The highest BCUT2D eigenvalue weighted by Gasteiger charge is 2.25. The lowest BCUT2D eigenvalue weighted by molar-refractivity contribution is -0.124. The van der Waals surface area contributed by atoms with Gasteiger partial charge in [-0.05, 0) is 27.7 Å². The maximum absolute atomic E-state index is 13.0. The topological polar surface area (TPSA) is 71.1 Å². The standard InChI is InChI=1S/C23H25N3O2S/c1-15(20(27)26-23(2,3)4)24-21(28)19-18(16-11-7-5-8-12-16)25-22(29-19)17-13-9-6-10-14-17/h5-15H,1-4H3,(H,24,28)(H,26,27). The molecule has 1 atom stereocenters. The Hall–Kier alpha value is -2.99. The van der Waals surface area contributed by atoms with E-state index in [1.165, 1.54) is 11.3 Å². The molecule has 3 aromatic rings. The van der Waals surface area contributed by atoms with Gasteiger partial charge in [0.25, 0.3) is 5.91 Å². The molecule has 0 saturated heterocycles. The lowest BCUT2D eigenvalue weighted by Gasteiger charge is -2.23. The number of hydrogen-bond acceptors (Lipinski definition) is 4. The van der Waals surface area contributed by atoms with Crippen LogP contribution >= 0.6 is 11.3 Å². The Kier molecular flexibility index (Phi) is 6.13. The number of hydrogen-bond donors (Lipinski definition) is 2. The van der Waals surface area contributed by atoms with Gasteiger partial charge in [0.05, 0.1) is 5.69 Å². The van der Waals surface area contributed by atoms with Gasteiger partial charge in [-0.2, -0.15) is 0 Å².